The van der Waals surface area contributed by atoms with Gasteiger partial charge < -0.3 is 10.6 Å². The number of hydrogen-bond acceptors (Lipinski definition) is 2. The van der Waals surface area contributed by atoms with E-state index in [2.05, 4.69) is 17.6 Å². The molecule has 0 atom stereocenters. The molecule has 2 N–H and O–H groups in total. The van der Waals surface area contributed by atoms with Gasteiger partial charge in [-0.2, -0.15) is 0 Å². The molecule has 1 heterocycles. The van der Waals surface area contributed by atoms with Gasteiger partial charge in [0.2, 0.25) is 5.91 Å². The summed E-state index contributed by atoms with van der Waals surface area (Å²) < 4.78 is 13.1. The molecular weight excluding hydrogens is 243 g/mol. The highest BCUT2D eigenvalue weighted by molar-refractivity contribution is 5.96. The van der Waals surface area contributed by atoms with Crippen LogP contribution in [-0.2, 0) is 4.79 Å². The molecule has 2 rings (SSSR count). The number of nitrogens with one attached hydrogen (secondary N) is 2. The molecule has 0 saturated carbocycles. The largest absolute Gasteiger partial charge is 0.325 e. The molecule has 0 aliphatic carbocycles. The summed E-state index contributed by atoms with van der Waals surface area (Å²) >= 11 is 0. The van der Waals surface area contributed by atoms with Crippen LogP contribution in [0.25, 0.3) is 0 Å². The number of amides is 1. The van der Waals surface area contributed by atoms with E-state index in [0.29, 0.717) is 5.69 Å². The van der Waals surface area contributed by atoms with E-state index in [9.17, 15) is 9.18 Å². The number of halogens is 1. The zero-order valence-electron chi connectivity index (χ0n) is 11.6. The average Bonchev–Trinajstić information content (AvgIpc) is 2.42. The zero-order chi connectivity index (χ0) is 13.9. The van der Waals surface area contributed by atoms with Crippen molar-refractivity contribution < 1.29 is 9.18 Å². The highest BCUT2D eigenvalue weighted by atomic mass is 19.1. The van der Waals surface area contributed by atoms with Gasteiger partial charge in [-0.05, 0) is 63.0 Å². The van der Waals surface area contributed by atoms with E-state index in [4.69, 9.17) is 0 Å². The van der Waals surface area contributed by atoms with Crippen molar-refractivity contribution in [2.45, 2.75) is 33.1 Å². The lowest BCUT2D eigenvalue weighted by Gasteiger charge is -2.35. The Labute approximate surface area is 113 Å². The van der Waals surface area contributed by atoms with Gasteiger partial charge in [-0.1, -0.05) is 6.92 Å². The molecule has 1 amide bonds. The first-order valence-electron chi connectivity index (χ1n) is 6.86. The lowest BCUT2D eigenvalue weighted by atomic mass is 9.76. The van der Waals surface area contributed by atoms with Crippen molar-refractivity contribution in [3.63, 3.8) is 0 Å². The molecule has 1 saturated heterocycles. The van der Waals surface area contributed by atoms with Crippen LogP contribution in [0.1, 0.15) is 31.7 Å². The Hall–Kier alpha value is -1.42. The minimum Gasteiger partial charge on any atom is -0.325 e. The molecule has 0 spiro atoms. The molecule has 0 unspecified atom stereocenters. The molecule has 1 aliphatic rings. The summed E-state index contributed by atoms with van der Waals surface area (Å²) in [7, 11) is 0. The minimum atomic E-state index is -0.286. The summed E-state index contributed by atoms with van der Waals surface area (Å²) in [5, 5.41) is 6.25. The highest BCUT2D eigenvalue weighted by Crippen LogP contribution is 2.34. The number of carbonyl (C=O) groups is 1. The maximum absolute atomic E-state index is 13.1. The number of piperidine rings is 1. The fourth-order valence-corrected chi connectivity index (χ4v) is 2.67. The smallest absolute Gasteiger partial charge is 0.230 e. The molecule has 1 fully saturated rings. The first-order chi connectivity index (χ1) is 9.07. The van der Waals surface area contributed by atoms with Gasteiger partial charge >= 0.3 is 0 Å². The Balaban J connectivity index is 2.15. The Morgan fingerprint density at radius 1 is 1.42 bits per heavy atom. The summed E-state index contributed by atoms with van der Waals surface area (Å²) in [6.45, 7) is 5.62. The minimum absolute atomic E-state index is 0.0613. The van der Waals surface area contributed by atoms with Crippen molar-refractivity contribution in [2.24, 2.45) is 5.41 Å². The Bertz CT molecular complexity index is 467. The molecule has 0 bridgehead atoms. The third kappa shape index (κ3) is 2.95. The Kier molecular flexibility index (Phi) is 4.20. The van der Waals surface area contributed by atoms with Gasteiger partial charge in [0.05, 0.1) is 5.41 Å². The fourth-order valence-electron chi connectivity index (χ4n) is 2.67. The number of anilines is 1. The molecule has 0 radical (unpaired) electrons. The summed E-state index contributed by atoms with van der Waals surface area (Å²) in [4.78, 5) is 12.5. The lowest BCUT2D eigenvalue weighted by molar-refractivity contribution is -0.127. The van der Waals surface area contributed by atoms with E-state index in [1.54, 1.807) is 13.0 Å². The summed E-state index contributed by atoms with van der Waals surface area (Å²) in [5.41, 5.74) is 1.18. The van der Waals surface area contributed by atoms with Crippen LogP contribution < -0.4 is 10.6 Å². The zero-order valence-corrected chi connectivity index (χ0v) is 11.6. The molecular formula is C15H21FN2O. The van der Waals surface area contributed by atoms with E-state index >= 15 is 0 Å². The topological polar surface area (TPSA) is 41.1 Å². The first kappa shape index (κ1) is 14.0. The molecule has 0 aromatic heterocycles. The Morgan fingerprint density at radius 3 is 2.68 bits per heavy atom. The number of hydrogen-bond donors (Lipinski definition) is 2. The third-order valence-corrected chi connectivity index (χ3v) is 4.16. The standard InChI is InChI=1S/C15H21FN2O/c1-3-15(6-8-17-9-7-15)14(19)18-13-5-4-12(16)10-11(13)2/h4-5,10,17H,3,6-9H2,1-2H3,(H,18,19). The summed E-state index contributed by atoms with van der Waals surface area (Å²) in [6.07, 6.45) is 2.55. The van der Waals surface area contributed by atoms with Gasteiger partial charge in [0.1, 0.15) is 5.82 Å². The number of aryl methyl sites for hydroxylation is 1. The first-order valence-corrected chi connectivity index (χ1v) is 6.86. The Morgan fingerprint density at radius 2 is 2.11 bits per heavy atom. The van der Waals surface area contributed by atoms with Crippen LogP contribution >= 0.6 is 0 Å². The maximum atomic E-state index is 13.1. The fraction of sp³-hybridized carbons (Fsp3) is 0.533. The number of carbonyl (C=O) groups excluding carboxylic acids is 1. The predicted octanol–water partition coefficient (Wildman–Crippen LogP) is 2.85. The third-order valence-electron chi connectivity index (χ3n) is 4.16. The molecule has 1 aliphatic heterocycles. The second-order valence-corrected chi connectivity index (χ2v) is 5.30. The average molecular weight is 264 g/mol. The van der Waals surface area contributed by atoms with Crippen molar-refractivity contribution >= 4 is 11.6 Å². The molecule has 1 aromatic carbocycles. The molecule has 1 aromatic rings. The lowest BCUT2D eigenvalue weighted by Crippen LogP contribution is -2.44. The summed E-state index contributed by atoms with van der Waals surface area (Å²) in [5.74, 6) is -0.214. The number of benzene rings is 1. The molecule has 3 nitrogen and oxygen atoms in total. The number of rotatable bonds is 3. The van der Waals surface area contributed by atoms with Gasteiger partial charge in [-0.3, -0.25) is 4.79 Å². The van der Waals surface area contributed by atoms with Crippen LogP contribution in [0.15, 0.2) is 18.2 Å². The SMILES string of the molecule is CCC1(C(=O)Nc2ccc(F)cc2C)CCNCC1. The maximum Gasteiger partial charge on any atom is 0.230 e. The van der Waals surface area contributed by atoms with E-state index in [1.807, 2.05) is 0 Å². The van der Waals surface area contributed by atoms with Gasteiger partial charge in [0.25, 0.3) is 0 Å². The van der Waals surface area contributed by atoms with E-state index in [-0.39, 0.29) is 17.1 Å². The van der Waals surface area contributed by atoms with Crippen molar-refractivity contribution in [1.82, 2.24) is 5.32 Å². The van der Waals surface area contributed by atoms with Crippen molar-refractivity contribution in [2.75, 3.05) is 18.4 Å². The van der Waals surface area contributed by atoms with E-state index in [0.717, 1.165) is 37.9 Å². The summed E-state index contributed by atoms with van der Waals surface area (Å²) in [6, 6.07) is 4.45. The van der Waals surface area contributed by atoms with Gasteiger partial charge in [0, 0.05) is 5.69 Å². The van der Waals surface area contributed by atoms with E-state index < -0.39 is 0 Å². The van der Waals surface area contributed by atoms with Crippen LogP contribution in [0.2, 0.25) is 0 Å². The van der Waals surface area contributed by atoms with Crippen molar-refractivity contribution in [1.29, 1.82) is 0 Å². The molecule has 19 heavy (non-hydrogen) atoms. The highest BCUT2D eigenvalue weighted by Gasteiger charge is 2.37. The molecule has 4 heteroatoms. The normalized spacial score (nSPS) is 18.1. The van der Waals surface area contributed by atoms with Gasteiger partial charge in [0.15, 0.2) is 0 Å². The second-order valence-electron chi connectivity index (χ2n) is 5.30. The van der Waals surface area contributed by atoms with Crippen LogP contribution in [0.4, 0.5) is 10.1 Å². The van der Waals surface area contributed by atoms with Gasteiger partial charge in [-0.15, -0.1) is 0 Å². The van der Waals surface area contributed by atoms with E-state index in [1.165, 1.54) is 12.1 Å². The molecule has 104 valence electrons. The predicted molar refractivity (Wildman–Crippen MR) is 74.6 cm³/mol. The monoisotopic (exact) mass is 264 g/mol. The van der Waals surface area contributed by atoms with Crippen LogP contribution in [0.3, 0.4) is 0 Å². The second kappa shape index (κ2) is 5.70. The van der Waals surface area contributed by atoms with Crippen molar-refractivity contribution in [3.8, 4) is 0 Å². The quantitative estimate of drug-likeness (QED) is 0.881. The van der Waals surface area contributed by atoms with Crippen LogP contribution in [-0.4, -0.2) is 19.0 Å². The van der Waals surface area contributed by atoms with Crippen molar-refractivity contribution in [3.05, 3.63) is 29.6 Å². The van der Waals surface area contributed by atoms with Crippen LogP contribution in [0.5, 0.6) is 0 Å². The van der Waals surface area contributed by atoms with Crippen LogP contribution in [0, 0.1) is 18.2 Å². The van der Waals surface area contributed by atoms with Gasteiger partial charge in [-0.25, -0.2) is 4.39 Å².